The smallest absolute Gasteiger partial charge is 0.176 e. The minimum Gasteiger partial charge on any atom is -0.354 e. The zero-order valence-electron chi connectivity index (χ0n) is 8.43. The van der Waals surface area contributed by atoms with Crippen molar-refractivity contribution in [3.63, 3.8) is 0 Å². The predicted octanol–water partition coefficient (Wildman–Crippen LogP) is 2.08. The van der Waals surface area contributed by atoms with Gasteiger partial charge in [0, 0.05) is 13.7 Å². The normalized spacial score (nSPS) is 13.2. The number of hydrogen-bond donors (Lipinski definition) is 1. The molecule has 74 valence electrons. The molecule has 3 heteroatoms. The first kappa shape index (κ1) is 11.9. The molecule has 0 aromatic rings. The second-order valence-corrected chi connectivity index (χ2v) is 2.82. The molecule has 12 heavy (non-hydrogen) atoms. The number of hydroxylamine groups is 1. The van der Waals surface area contributed by atoms with E-state index in [1.54, 1.807) is 7.11 Å². The van der Waals surface area contributed by atoms with E-state index in [-0.39, 0.29) is 6.29 Å². The van der Waals surface area contributed by atoms with E-state index < -0.39 is 0 Å². The number of methoxy groups -OCH3 is 1. The summed E-state index contributed by atoms with van der Waals surface area (Å²) in [5.74, 6) is 0. The van der Waals surface area contributed by atoms with Gasteiger partial charge in [-0.05, 0) is 12.8 Å². The van der Waals surface area contributed by atoms with Gasteiger partial charge in [0.05, 0.1) is 0 Å². The van der Waals surface area contributed by atoms with Crippen LogP contribution in [0.5, 0.6) is 0 Å². The van der Waals surface area contributed by atoms with Crippen LogP contribution in [-0.4, -0.2) is 19.9 Å². The molecule has 0 aliphatic rings. The molecule has 0 heterocycles. The fraction of sp³-hybridized carbons (Fsp3) is 1.00. The average Bonchev–Trinajstić information content (AvgIpc) is 2.10. The van der Waals surface area contributed by atoms with Crippen LogP contribution in [0.2, 0.25) is 0 Å². The Balaban J connectivity index is 3.19. The fourth-order valence-electron chi connectivity index (χ4n) is 0.861. The molecule has 0 saturated heterocycles. The maximum Gasteiger partial charge on any atom is 0.176 e. The van der Waals surface area contributed by atoms with Crippen molar-refractivity contribution in [1.29, 1.82) is 0 Å². The van der Waals surface area contributed by atoms with Gasteiger partial charge >= 0.3 is 0 Å². The Kier molecular flexibility index (Phi) is 8.88. The summed E-state index contributed by atoms with van der Waals surface area (Å²) < 4.78 is 5.09. The van der Waals surface area contributed by atoms with Crippen LogP contribution in [0.3, 0.4) is 0 Å². The summed E-state index contributed by atoms with van der Waals surface area (Å²) in [5.41, 5.74) is 2.90. The SMILES string of the molecule is CCCCNOC(CCC)OC. The lowest BCUT2D eigenvalue weighted by Gasteiger charge is -2.14. The highest BCUT2D eigenvalue weighted by molar-refractivity contribution is 4.41. The maximum absolute atomic E-state index is 5.26. The molecule has 3 nitrogen and oxygen atoms in total. The zero-order chi connectivity index (χ0) is 9.23. The number of rotatable bonds is 8. The van der Waals surface area contributed by atoms with Crippen LogP contribution in [0.15, 0.2) is 0 Å². The van der Waals surface area contributed by atoms with Crippen LogP contribution >= 0.6 is 0 Å². The summed E-state index contributed by atoms with van der Waals surface area (Å²) in [6, 6.07) is 0. The van der Waals surface area contributed by atoms with Crippen molar-refractivity contribution < 1.29 is 9.57 Å². The lowest BCUT2D eigenvalue weighted by atomic mass is 10.3. The second kappa shape index (κ2) is 8.97. The van der Waals surface area contributed by atoms with Gasteiger partial charge in [0.15, 0.2) is 6.29 Å². The molecule has 1 unspecified atom stereocenters. The van der Waals surface area contributed by atoms with E-state index in [9.17, 15) is 0 Å². The third-order valence-electron chi connectivity index (χ3n) is 1.63. The molecule has 0 aliphatic carbocycles. The molecule has 0 amide bonds. The summed E-state index contributed by atoms with van der Waals surface area (Å²) in [7, 11) is 1.67. The van der Waals surface area contributed by atoms with E-state index in [1.165, 1.54) is 6.42 Å². The molecule has 0 radical (unpaired) electrons. The Morgan fingerprint density at radius 3 is 2.50 bits per heavy atom. The molecule has 0 saturated carbocycles. The second-order valence-electron chi connectivity index (χ2n) is 2.82. The summed E-state index contributed by atoms with van der Waals surface area (Å²) >= 11 is 0. The van der Waals surface area contributed by atoms with Crippen LogP contribution < -0.4 is 5.48 Å². The van der Waals surface area contributed by atoms with Gasteiger partial charge in [-0.3, -0.25) is 4.84 Å². The molecular formula is C9H21NO2. The minimum atomic E-state index is -0.0909. The van der Waals surface area contributed by atoms with Crippen LogP contribution in [0.4, 0.5) is 0 Å². The highest BCUT2D eigenvalue weighted by Crippen LogP contribution is 2.00. The van der Waals surface area contributed by atoms with Crippen molar-refractivity contribution in [1.82, 2.24) is 5.48 Å². The lowest BCUT2D eigenvalue weighted by molar-refractivity contribution is -0.168. The first-order valence-electron chi connectivity index (χ1n) is 4.76. The minimum absolute atomic E-state index is 0.0909. The molecule has 0 spiro atoms. The Morgan fingerprint density at radius 2 is 2.00 bits per heavy atom. The van der Waals surface area contributed by atoms with E-state index >= 15 is 0 Å². The molecule has 0 aromatic heterocycles. The van der Waals surface area contributed by atoms with E-state index in [4.69, 9.17) is 9.57 Å². The third kappa shape index (κ3) is 6.58. The third-order valence-corrected chi connectivity index (χ3v) is 1.63. The maximum atomic E-state index is 5.26. The van der Waals surface area contributed by atoms with Crippen molar-refractivity contribution in [2.75, 3.05) is 13.7 Å². The quantitative estimate of drug-likeness (QED) is 0.348. The van der Waals surface area contributed by atoms with Crippen molar-refractivity contribution in [2.24, 2.45) is 0 Å². The Hall–Kier alpha value is -0.120. The fourth-order valence-corrected chi connectivity index (χ4v) is 0.861. The van der Waals surface area contributed by atoms with E-state index in [0.717, 1.165) is 25.8 Å². The molecule has 0 bridgehead atoms. The van der Waals surface area contributed by atoms with Gasteiger partial charge < -0.3 is 4.74 Å². The predicted molar refractivity (Wildman–Crippen MR) is 49.7 cm³/mol. The highest BCUT2D eigenvalue weighted by atomic mass is 16.8. The Labute approximate surface area is 75.4 Å². The first-order chi connectivity index (χ1) is 5.85. The van der Waals surface area contributed by atoms with Gasteiger partial charge in [0.25, 0.3) is 0 Å². The van der Waals surface area contributed by atoms with Gasteiger partial charge in [0.2, 0.25) is 0 Å². The molecule has 0 fully saturated rings. The van der Waals surface area contributed by atoms with Crippen molar-refractivity contribution >= 4 is 0 Å². The molecule has 1 atom stereocenters. The topological polar surface area (TPSA) is 30.5 Å². The van der Waals surface area contributed by atoms with Crippen molar-refractivity contribution in [2.45, 2.75) is 45.8 Å². The van der Waals surface area contributed by atoms with Crippen molar-refractivity contribution in [3.05, 3.63) is 0 Å². The van der Waals surface area contributed by atoms with E-state index in [0.29, 0.717) is 0 Å². The molecule has 1 N–H and O–H groups in total. The van der Waals surface area contributed by atoms with Gasteiger partial charge in [-0.2, -0.15) is 5.48 Å². The monoisotopic (exact) mass is 175 g/mol. The standard InChI is InChI=1S/C9H21NO2/c1-4-6-8-10-12-9(11-3)7-5-2/h9-10H,4-8H2,1-3H3. The highest BCUT2D eigenvalue weighted by Gasteiger charge is 2.04. The Morgan fingerprint density at radius 1 is 1.25 bits per heavy atom. The van der Waals surface area contributed by atoms with Crippen molar-refractivity contribution in [3.8, 4) is 0 Å². The van der Waals surface area contributed by atoms with E-state index in [1.807, 2.05) is 0 Å². The zero-order valence-corrected chi connectivity index (χ0v) is 8.43. The Bertz CT molecular complexity index is 88.6. The summed E-state index contributed by atoms with van der Waals surface area (Å²) in [4.78, 5) is 5.26. The molecular weight excluding hydrogens is 154 g/mol. The number of hydrogen-bond acceptors (Lipinski definition) is 3. The van der Waals surface area contributed by atoms with Gasteiger partial charge in [0.1, 0.15) is 0 Å². The summed E-state index contributed by atoms with van der Waals surface area (Å²) in [5, 5.41) is 0. The number of nitrogens with one attached hydrogen (secondary N) is 1. The van der Waals surface area contributed by atoms with E-state index in [2.05, 4.69) is 19.3 Å². The van der Waals surface area contributed by atoms with Crippen LogP contribution in [0.1, 0.15) is 39.5 Å². The number of unbranched alkanes of at least 4 members (excludes halogenated alkanes) is 1. The van der Waals surface area contributed by atoms with Gasteiger partial charge in [-0.25, -0.2) is 0 Å². The average molecular weight is 175 g/mol. The molecule has 0 aromatic carbocycles. The van der Waals surface area contributed by atoms with Crippen LogP contribution in [0.25, 0.3) is 0 Å². The molecule has 0 rings (SSSR count). The summed E-state index contributed by atoms with van der Waals surface area (Å²) in [6.07, 6.45) is 4.25. The van der Waals surface area contributed by atoms with Crippen LogP contribution in [-0.2, 0) is 9.57 Å². The van der Waals surface area contributed by atoms with Gasteiger partial charge in [-0.15, -0.1) is 0 Å². The summed E-state index contributed by atoms with van der Waals surface area (Å²) in [6.45, 7) is 5.17. The lowest BCUT2D eigenvalue weighted by Crippen LogP contribution is -2.26. The van der Waals surface area contributed by atoms with Crippen LogP contribution in [0, 0.1) is 0 Å². The largest absolute Gasteiger partial charge is 0.354 e. The van der Waals surface area contributed by atoms with Gasteiger partial charge in [-0.1, -0.05) is 26.7 Å². The molecule has 0 aliphatic heterocycles. The first-order valence-corrected chi connectivity index (χ1v) is 4.76. The number of ether oxygens (including phenoxy) is 1.